The minimum Gasteiger partial charge on any atom is -0.493 e. The predicted molar refractivity (Wildman–Crippen MR) is 181 cm³/mol. The van der Waals surface area contributed by atoms with Gasteiger partial charge >= 0.3 is 0 Å². The molecule has 4 aliphatic heterocycles. The Morgan fingerprint density at radius 1 is 0.717 bits per heavy atom. The van der Waals surface area contributed by atoms with Gasteiger partial charge in [0.05, 0.1) is 34.5 Å². The number of Topliss-reactive ketones (excluding diaryl/α,β-unsaturated/α-hetero) is 1. The number of carbonyl (C=O) groups is 1. The summed E-state index contributed by atoms with van der Waals surface area (Å²) in [5.74, 6) is 5.34. The molecule has 0 unspecified atom stereocenters. The van der Waals surface area contributed by atoms with Gasteiger partial charge < -0.3 is 24.1 Å². The fourth-order valence-electron chi connectivity index (χ4n) is 8.31. The molecule has 4 aliphatic rings. The first-order chi connectivity index (χ1) is 22.1. The van der Waals surface area contributed by atoms with Gasteiger partial charge in [-0.3, -0.25) is 14.6 Å². The van der Waals surface area contributed by atoms with Crippen LogP contribution in [0.1, 0.15) is 87.7 Å². The van der Waals surface area contributed by atoms with Crippen LogP contribution in [0.5, 0.6) is 23.0 Å². The van der Waals surface area contributed by atoms with Crippen molar-refractivity contribution in [3.05, 3.63) is 46.5 Å². The molecule has 0 saturated carbocycles. The highest BCUT2D eigenvalue weighted by atomic mass is 16.5. The van der Waals surface area contributed by atoms with Crippen molar-refractivity contribution in [2.24, 2.45) is 23.7 Å². The van der Waals surface area contributed by atoms with Crippen LogP contribution >= 0.6 is 0 Å². The molecule has 8 heteroatoms. The maximum atomic E-state index is 12.6. The number of ether oxygens (including phenoxy) is 4. The molecule has 0 amide bonds. The van der Waals surface area contributed by atoms with Crippen molar-refractivity contribution in [3.63, 3.8) is 0 Å². The summed E-state index contributed by atoms with van der Waals surface area (Å²) in [4.78, 5) is 17.6. The van der Waals surface area contributed by atoms with Crippen LogP contribution in [-0.2, 0) is 17.6 Å². The molecule has 46 heavy (non-hydrogen) atoms. The lowest BCUT2D eigenvalue weighted by atomic mass is 9.79. The van der Waals surface area contributed by atoms with Gasteiger partial charge in [0.1, 0.15) is 5.78 Å². The summed E-state index contributed by atoms with van der Waals surface area (Å²) in [6.07, 6.45) is 5.38. The second kappa shape index (κ2) is 15.0. The Morgan fingerprint density at radius 2 is 1.20 bits per heavy atom. The number of aliphatic hydroxyl groups excluding tert-OH is 1. The van der Waals surface area contributed by atoms with Crippen molar-refractivity contribution < 1.29 is 28.8 Å². The monoisotopic (exact) mass is 636 g/mol. The van der Waals surface area contributed by atoms with Crippen molar-refractivity contribution in [2.75, 3.05) is 54.6 Å². The van der Waals surface area contributed by atoms with Gasteiger partial charge in [0.25, 0.3) is 0 Å². The number of benzene rings is 2. The van der Waals surface area contributed by atoms with E-state index in [1.807, 2.05) is 0 Å². The molecule has 0 aromatic heterocycles. The number of aliphatic hydroxyl groups is 1. The Bertz CT molecular complexity index is 1360. The topological polar surface area (TPSA) is 80.7 Å². The fraction of sp³-hybridized carbons (Fsp3) is 0.658. The Hall–Kier alpha value is -2.81. The van der Waals surface area contributed by atoms with Gasteiger partial charge in [-0.1, -0.05) is 27.7 Å². The second-order valence-electron chi connectivity index (χ2n) is 14.5. The van der Waals surface area contributed by atoms with E-state index in [4.69, 9.17) is 18.9 Å². The zero-order valence-corrected chi connectivity index (χ0v) is 29.3. The number of methoxy groups -OCH3 is 4. The molecule has 1 N–H and O–H groups in total. The van der Waals surface area contributed by atoms with Crippen LogP contribution in [0.4, 0.5) is 0 Å². The lowest BCUT2D eigenvalue weighted by molar-refractivity contribution is -0.129. The summed E-state index contributed by atoms with van der Waals surface area (Å²) in [6.45, 7) is 12.9. The van der Waals surface area contributed by atoms with Gasteiger partial charge in [-0.2, -0.15) is 0 Å². The predicted octanol–water partition coefficient (Wildman–Crippen LogP) is 6.27. The Morgan fingerprint density at radius 3 is 1.70 bits per heavy atom. The van der Waals surface area contributed by atoms with Crippen molar-refractivity contribution in [3.8, 4) is 23.0 Å². The van der Waals surface area contributed by atoms with E-state index < -0.39 is 0 Å². The molecular weight excluding hydrogens is 580 g/mol. The van der Waals surface area contributed by atoms with Gasteiger partial charge in [-0.05, 0) is 96.4 Å². The van der Waals surface area contributed by atoms with E-state index in [0.29, 0.717) is 36.0 Å². The van der Waals surface area contributed by atoms with Gasteiger partial charge in [0, 0.05) is 50.6 Å². The smallest absolute Gasteiger partial charge is 0.161 e. The number of carbonyl (C=O) groups excluding carboxylic acids is 1. The number of piperidine rings is 2. The third-order valence-electron chi connectivity index (χ3n) is 10.5. The lowest BCUT2D eigenvalue weighted by Crippen LogP contribution is -2.48. The molecule has 2 aromatic carbocycles. The molecular formula is C38H56N2O6. The molecule has 2 aromatic rings. The Kier molecular flexibility index (Phi) is 11.2. The first-order valence-electron chi connectivity index (χ1n) is 17.2. The summed E-state index contributed by atoms with van der Waals surface area (Å²) in [5.41, 5.74) is 5.17. The minimum atomic E-state index is -0.210. The molecule has 4 heterocycles. The first kappa shape index (κ1) is 34.5. The van der Waals surface area contributed by atoms with E-state index in [2.05, 4.69) is 61.8 Å². The van der Waals surface area contributed by atoms with Crippen LogP contribution in [-0.4, -0.2) is 81.4 Å². The van der Waals surface area contributed by atoms with Crippen LogP contribution in [0, 0.1) is 23.7 Å². The van der Waals surface area contributed by atoms with E-state index in [1.165, 1.54) is 22.3 Å². The van der Waals surface area contributed by atoms with Crippen LogP contribution in [0.3, 0.4) is 0 Å². The second-order valence-corrected chi connectivity index (χ2v) is 14.5. The minimum absolute atomic E-state index is 0.202. The highest BCUT2D eigenvalue weighted by Gasteiger charge is 2.40. The summed E-state index contributed by atoms with van der Waals surface area (Å²) in [6, 6.07) is 8.88. The normalized spacial score (nSPS) is 25.9. The van der Waals surface area contributed by atoms with Crippen molar-refractivity contribution in [1.29, 1.82) is 0 Å². The maximum Gasteiger partial charge on any atom is 0.161 e. The van der Waals surface area contributed by atoms with Crippen LogP contribution < -0.4 is 18.9 Å². The van der Waals surface area contributed by atoms with Gasteiger partial charge in [-0.25, -0.2) is 0 Å². The molecule has 0 spiro atoms. The quantitative estimate of drug-likeness (QED) is 0.364. The summed E-state index contributed by atoms with van der Waals surface area (Å²) in [7, 11) is 6.69. The molecule has 5 atom stereocenters. The fourth-order valence-corrected chi connectivity index (χ4v) is 8.31. The first-order valence-corrected chi connectivity index (χ1v) is 17.2. The third kappa shape index (κ3) is 7.34. The maximum absolute atomic E-state index is 12.6. The van der Waals surface area contributed by atoms with E-state index in [0.717, 1.165) is 81.3 Å². The van der Waals surface area contributed by atoms with Crippen molar-refractivity contribution in [2.45, 2.75) is 84.4 Å². The van der Waals surface area contributed by atoms with Crippen molar-refractivity contribution >= 4 is 5.78 Å². The highest BCUT2D eigenvalue weighted by molar-refractivity contribution is 5.83. The number of ketones is 1. The van der Waals surface area contributed by atoms with Crippen LogP contribution in [0.15, 0.2) is 24.3 Å². The van der Waals surface area contributed by atoms with E-state index in [-0.39, 0.29) is 18.1 Å². The van der Waals surface area contributed by atoms with E-state index in [9.17, 15) is 9.90 Å². The summed E-state index contributed by atoms with van der Waals surface area (Å²) >= 11 is 0. The largest absolute Gasteiger partial charge is 0.493 e. The SMILES string of the molecule is COc1cc2c(cc1OC)[C@H]1CC(=O)[C@H](CC(C)C)CN1CC2.COc1cc2c(cc1OC)[C@H]1C[C@@H](O)[C@H](CC(C)C)CN1CC2. The molecule has 0 aliphatic carbocycles. The highest BCUT2D eigenvalue weighted by Crippen LogP contribution is 2.44. The standard InChI is InChI=1S/C19H29NO3.C19H27NO3/c2*1-12(2)7-14-11-20-6-5-13-8-18(22-3)19(23-4)9-15(13)16(20)10-17(14)21/h8-9,12,14,16-17,21H,5-7,10-11H2,1-4H3;8-9,12,14,16H,5-7,10-11H2,1-4H3/t14-,16-,17-;14-,16-/m11/s1. The van der Waals surface area contributed by atoms with Crippen LogP contribution in [0.25, 0.3) is 0 Å². The third-order valence-corrected chi connectivity index (χ3v) is 10.5. The summed E-state index contributed by atoms with van der Waals surface area (Å²) < 4.78 is 21.8. The number of fused-ring (bicyclic) bond motifs is 6. The average Bonchev–Trinajstić information content (AvgIpc) is 3.04. The Balaban J connectivity index is 0.000000181. The Labute approximate surface area is 276 Å². The lowest BCUT2D eigenvalue weighted by Gasteiger charge is -2.46. The molecule has 0 radical (unpaired) electrons. The van der Waals surface area contributed by atoms with Gasteiger partial charge in [0.2, 0.25) is 0 Å². The molecule has 254 valence electrons. The number of nitrogens with zero attached hydrogens (tertiary/aromatic N) is 2. The number of hydrogen-bond acceptors (Lipinski definition) is 8. The van der Waals surface area contributed by atoms with E-state index >= 15 is 0 Å². The zero-order valence-electron chi connectivity index (χ0n) is 29.3. The van der Waals surface area contributed by atoms with Crippen molar-refractivity contribution in [1.82, 2.24) is 9.80 Å². The molecule has 0 bridgehead atoms. The molecule has 8 nitrogen and oxygen atoms in total. The van der Waals surface area contributed by atoms with Crippen LogP contribution in [0.2, 0.25) is 0 Å². The van der Waals surface area contributed by atoms with Gasteiger partial charge in [-0.15, -0.1) is 0 Å². The molecule has 6 rings (SSSR count). The molecule has 2 saturated heterocycles. The van der Waals surface area contributed by atoms with E-state index in [1.54, 1.807) is 28.4 Å². The number of rotatable bonds is 8. The molecule has 2 fully saturated rings. The zero-order chi connectivity index (χ0) is 33.1. The van der Waals surface area contributed by atoms with Gasteiger partial charge in [0.15, 0.2) is 23.0 Å². The average molecular weight is 637 g/mol. The number of hydrogen-bond donors (Lipinski definition) is 1. The summed E-state index contributed by atoms with van der Waals surface area (Å²) in [5, 5.41) is 10.6.